The molecule has 0 fully saturated rings. The van der Waals surface area contributed by atoms with Gasteiger partial charge in [-0.2, -0.15) is 0 Å². The molecule has 0 spiro atoms. The Balaban J connectivity index is 1.93. The van der Waals surface area contributed by atoms with Crippen LogP contribution >= 0.6 is 11.3 Å². The van der Waals surface area contributed by atoms with E-state index in [1.54, 1.807) is 6.20 Å². The number of nitrogens with zero attached hydrogens (tertiary/aromatic N) is 1. The first kappa shape index (κ1) is 11.7. The van der Waals surface area contributed by atoms with E-state index in [1.165, 1.54) is 0 Å². The SMILES string of the molecule is Nc1cccc2c(NCc3csc(=O)[nH]3)ccnc12. The summed E-state index contributed by atoms with van der Waals surface area (Å²) in [6, 6.07) is 7.59. The van der Waals surface area contributed by atoms with Crippen LogP contribution in [0.2, 0.25) is 0 Å². The molecule has 0 bridgehead atoms. The van der Waals surface area contributed by atoms with Gasteiger partial charge in [-0.05, 0) is 12.1 Å². The highest BCUT2D eigenvalue weighted by Crippen LogP contribution is 2.25. The number of pyridine rings is 1. The Morgan fingerprint density at radius 1 is 1.37 bits per heavy atom. The minimum atomic E-state index is -0.0411. The Labute approximate surface area is 113 Å². The first-order valence-electron chi connectivity index (χ1n) is 5.78. The highest BCUT2D eigenvalue weighted by molar-refractivity contribution is 7.07. The number of nitrogens with one attached hydrogen (secondary N) is 2. The van der Waals surface area contributed by atoms with Gasteiger partial charge in [-0.3, -0.25) is 9.78 Å². The first-order chi connectivity index (χ1) is 9.24. The van der Waals surface area contributed by atoms with Gasteiger partial charge in [0.05, 0.1) is 17.7 Å². The van der Waals surface area contributed by atoms with Gasteiger partial charge in [-0.1, -0.05) is 23.5 Å². The molecule has 3 aromatic rings. The summed E-state index contributed by atoms with van der Waals surface area (Å²) in [6.07, 6.45) is 1.72. The molecule has 0 aliphatic carbocycles. The molecule has 0 saturated heterocycles. The lowest BCUT2D eigenvalue weighted by Gasteiger charge is -2.09. The molecule has 4 N–H and O–H groups in total. The molecule has 0 radical (unpaired) electrons. The van der Waals surface area contributed by atoms with E-state index in [9.17, 15) is 4.79 Å². The number of hydrogen-bond donors (Lipinski definition) is 3. The molecule has 19 heavy (non-hydrogen) atoms. The number of nitrogens with two attached hydrogens (primary N) is 1. The van der Waals surface area contributed by atoms with Crippen LogP contribution in [-0.2, 0) is 6.54 Å². The lowest BCUT2D eigenvalue weighted by molar-refractivity contribution is 1.06. The number of fused-ring (bicyclic) bond motifs is 1. The Kier molecular flexibility index (Phi) is 2.92. The number of thiazole rings is 1. The zero-order valence-electron chi connectivity index (χ0n) is 10.0. The van der Waals surface area contributed by atoms with Crippen LogP contribution in [0.3, 0.4) is 0 Å². The fraction of sp³-hybridized carbons (Fsp3) is 0.0769. The first-order valence-corrected chi connectivity index (χ1v) is 6.66. The largest absolute Gasteiger partial charge is 0.397 e. The summed E-state index contributed by atoms with van der Waals surface area (Å²) in [7, 11) is 0. The summed E-state index contributed by atoms with van der Waals surface area (Å²) < 4.78 is 0. The zero-order chi connectivity index (χ0) is 13.2. The second kappa shape index (κ2) is 4.74. The van der Waals surface area contributed by atoms with Crippen molar-refractivity contribution in [3.63, 3.8) is 0 Å². The Morgan fingerprint density at radius 3 is 3.05 bits per heavy atom. The summed E-state index contributed by atoms with van der Waals surface area (Å²) in [5.41, 5.74) is 9.15. The molecule has 2 heterocycles. The van der Waals surface area contributed by atoms with Gasteiger partial charge < -0.3 is 16.0 Å². The summed E-state index contributed by atoms with van der Waals surface area (Å²) in [6.45, 7) is 0.562. The van der Waals surface area contributed by atoms with E-state index >= 15 is 0 Å². The second-order valence-electron chi connectivity index (χ2n) is 4.13. The van der Waals surface area contributed by atoms with E-state index in [-0.39, 0.29) is 4.87 Å². The minimum Gasteiger partial charge on any atom is -0.397 e. The van der Waals surface area contributed by atoms with E-state index in [2.05, 4.69) is 15.3 Å². The molecule has 0 amide bonds. The highest BCUT2D eigenvalue weighted by atomic mass is 32.1. The fourth-order valence-corrected chi connectivity index (χ4v) is 2.53. The van der Waals surface area contributed by atoms with Gasteiger partial charge in [0.2, 0.25) is 0 Å². The van der Waals surface area contributed by atoms with Crippen molar-refractivity contribution in [2.45, 2.75) is 6.54 Å². The molecule has 0 unspecified atom stereocenters. The van der Waals surface area contributed by atoms with Crippen LogP contribution in [0.4, 0.5) is 11.4 Å². The normalized spacial score (nSPS) is 10.7. The quantitative estimate of drug-likeness (QED) is 0.638. The zero-order valence-corrected chi connectivity index (χ0v) is 10.8. The lowest BCUT2D eigenvalue weighted by atomic mass is 10.1. The monoisotopic (exact) mass is 272 g/mol. The molecule has 3 rings (SSSR count). The van der Waals surface area contributed by atoms with Crippen LogP contribution < -0.4 is 15.9 Å². The predicted molar refractivity (Wildman–Crippen MR) is 78.4 cm³/mol. The third kappa shape index (κ3) is 2.30. The van der Waals surface area contributed by atoms with Crippen LogP contribution in [0.1, 0.15) is 5.69 Å². The standard InChI is InChI=1S/C13H12N4OS/c14-10-3-1-2-9-11(4-5-15-12(9)10)16-6-8-7-19-13(18)17-8/h1-5,7H,6,14H2,(H,15,16)(H,17,18). The average Bonchev–Trinajstić information content (AvgIpc) is 2.83. The summed E-state index contributed by atoms with van der Waals surface area (Å²) in [5.74, 6) is 0. The van der Waals surface area contributed by atoms with Crippen LogP contribution in [0, 0.1) is 0 Å². The van der Waals surface area contributed by atoms with Crippen LogP contribution in [-0.4, -0.2) is 9.97 Å². The number of para-hydroxylation sites is 1. The number of hydrogen-bond acceptors (Lipinski definition) is 5. The van der Waals surface area contributed by atoms with Crippen molar-refractivity contribution in [1.29, 1.82) is 0 Å². The maximum absolute atomic E-state index is 11.1. The van der Waals surface area contributed by atoms with Gasteiger partial charge in [0, 0.05) is 28.3 Å². The number of benzene rings is 1. The Hall–Kier alpha value is -2.34. The Morgan fingerprint density at radius 2 is 2.26 bits per heavy atom. The van der Waals surface area contributed by atoms with Gasteiger partial charge >= 0.3 is 4.87 Å². The third-order valence-corrected chi connectivity index (χ3v) is 3.56. The number of aromatic amines is 1. The van der Waals surface area contributed by atoms with Crippen LogP contribution in [0.25, 0.3) is 10.9 Å². The topological polar surface area (TPSA) is 83.8 Å². The van der Waals surface area contributed by atoms with Crippen molar-refractivity contribution in [1.82, 2.24) is 9.97 Å². The van der Waals surface area contributed by atoms with E-state index in [4.69, 9.17) is 5.73 Å². The molecule has 0 aliphatic rings. The maximum Gasteiger partial charge on any atom is 0.304 e. The number of aromatic nitrogens is 2. The molecule has 6 heteroatoms. The van der Waals surface area contributed by atoms with Gasteiger partial charge in [-0.15, -0.1) is 0 Å². The van der Waals surface area contributed by atoms with Crippen molar-refractivity contribution < 1.29 is 0 Å². The molecular weight excluding hydrogens is 260 g/mol. The smallest absolute Gasteiger partial charge is 0.304 e. The highest BCUT2D eigenvalue weighted by Gasteiger charge is 2.04. The van der Waals surface area contributed by atoms with Gasteiger partial charge in [0.25, 0.3) is 0 Å². The van der Waals surface area contributed by atoms with E-state index < -0.39 is 0 Å². The molecule has 2 aromatic heterocycles. The van der Waals surface area contributed by atoms with Gasteiger partial charge in [-0.25, -0.2) is 0 Å². The lowest BCUT2D eigenvalue weighted by Crippen LogP contribution is -2.03. The van der Waals surface area contributed by atoms with Gasteiger partial charge in [0.15, 0.2) is 0 Å². The van der Waals surface area contributed by atoms with Crippen molar-refractivity contribution >= 4 is 33.6 Å². The average molecular weight is 272 g/mol. The van der Waals surface area contributed by atoms with Crippen molar-refractivity contribution in [3.05, 3.63) is 51.2 Å². The minimum absolute atomic E-state index is 0.0411. The van der Waals surface area contributed by atoms with E-state index in [1.807, 2.05) is 29.6 Å². The fourth-order valence-electron chi connectivity index (χ4n) is 1.94. The third-order valence-electron chi connectivity index (χ3n) is 2.84. The van der Waals surface area contributed by atoms with E-state index in [0.717, 1.165) is 33.6 Å². The van der Waals surface area contributed by atoms with Gasteiger partial charge in [0.1, 0.15) is 0 Å². The number of nitrogen functional groups attached to an aromatic ring is 1. The molecule has 96 valence electrons. The van der Waals surface area contributed by atoms with Crippen LogP contribution in [0.15, 0.2) is 40.6 Å². The summed E-state index contributed by atoms with van der Waals surface area (Å²) in [5, 5.41) is 6.07. The van der Waals surface area contributed by atoms with Crippen LogP contribution in [0.5, 0.6) is 0 Å². The number of rotatable bonds is 3. The van der Waals surface area contributed by atoms with Crippen molar-refractivity contribution in [3.8, 4) is 0 Å². The second-order valence-corrected chi connectivity index (χ2v) is 4.97. The summed E-state index contributed by atoms with van der Waals surface area (Å²) in [4.78, 5) is 18.1. The van der Waals surface area contributed by atoms with Crippen molar-refractivity contribution in [2.24, 2.45) is 0 Å². The van der Waals surface area contributed by atoms with Crippen molar-refractivity contribution in [2.75, 3.05) is 11.1 Å². The molecule has 0 aliphatic heterocycles. The maximum atomic E-state index is 11.1. The predicted octanol–water partition coefficient (Wildman–Crippen LogP) is 2.18. The molecule has 1 aromatic carbocycles. The molecule has 5 nitrogen and oxygen atoms in total. The number of anilines is 2. The Bertz CT molecular complexity index is 777. The molecule has 0 saturated carbocycles. The summed E-state index contributed by atoms with van der Waals surface area (Å²) >= 11 is 1.16. The molecular formula is C13H12N4OS. The number of H-pyrrole nitrogens is 1. The van der Waals surface area contributed by atoms with E-state index in [0.29, 0.717) is 12.2 Å². The molecule has 0 atom stereocenters.